The number of aryl methyl sites for hydroxylation is 1. The summed E-state index contributed by atoms with van der Waals surface area (Å²) in [4.78, 5) is 21.7. The summed E-state index contributed by atoms with van der Waals surface area (Å²) in [6, 6.07) is 5.55. The fourth-order valence-corrected chi connectivity index (χ4v) is 1.98. The minimum Gasteiger partial charge on any atom is -0.428 e. The first kappa shape index (κ1) is 15.6. The van der Waals surface area contributed by atoms with Gasteiger partial charge in [0.2, 0.25) is 0 Å². The molecule has 8 heteroatoms. The van der Waals surface area contributed by atoms with Gasteiger partial charge in [0.05, 0.1) is 5.39 Å². The number of hydrogen-bond donors (Lipinski definition) is 2. The minimum absolute atomic E-state index is 0.347. The summed E-state index contributed by atoms with van der Waals surface area (Å²) in [5, 5.41) is 4.44. The Labute approximate surface area is 126 Å². The Bertz CT molecular complexity index is 708. The van der Waals surface area contributed by atoms with Crippen LogP contribution in [0.25, 0.3) is 11.0 Å². The highest BCUT2D eigenvalue weighted by molar-refractivity contribution is 5.87. The number of benzene rings is 1. The van der Waals surface area contributed by atoms with E-state index >= 15 is 0 Å². The van der Waals surface area contributed by atoms with Gasteiger partial charge >= 0.3 is 12.2 Å². The number of fused-ring (bicyclic) bond motifs is 1. The molecule has 1 amide bonds. The molecule has 1 aromatic heterocycles. The molecule has 1 aromatic carbocycles. The lowest BCUT2D eigenvalue weighted by Crippen LogP contribution is -2.31. The molecule has 0 aliphatic rings. The molecule has 2 aromatic rings. The molecule has 1 heterocycles. The van der Waals surface area contributed by atoms with Crippen LogP contribution in [0.2, 0.25) is 0 Å². The molecule has 0 bridgehead atoms. The molecule has 0 saturated carbocycles. The zero-order valence-electron chi connectivity index (χ0n) is 12.3. The minimum atomic E-state index is -1.20. The van der Waals surface area contributed by atoms with Crippen molar-refractivity contribution >= 4 is 29.0 Å². The maximum Gasteiger partial charge on any atom is 0.517 e. The summed E-state index contributed by atoms with van der Waals surface area (Å²) >= 11 is 0. The van der Waals surface area contributed by atoms with Crippen molar-refractivity contribution in [2.24, 2.45) is 5.73 Å². The highest BCUT2D eigenvalue weighted by atomic mass is 16.8. The predicted octanol–water partition coefficient (Wildman–Crippen LogP) is 2.35. The van der Waals surface area contributed by atoms with E-state index in [0.29, 0.717) is 24.2 Å². The number of amides is 1. The molecule has 118 valence electrons. The monoisotopic (exact) mass is 307 g/mol. The van der Waals surface area contributed by atoms with Crippen LogP contribution in [0.1, 0.15) is 25.8 Å². The number of nitrogens with zero attached hydrogens (tertiary/aromatic N) is 1. The zero-order valence-corrected chi connectivity index (χ0v) is 12.3. The van der Waals surface area contributed by atoms with Crippen molar-refractivity contribution in [3.8, 4) is 0 Å². The van der Waals surface area contributed by atoms with E-state index in [9.17, 15) is 9.59 Å². The summed E-state index contributed by atoms with van der Waals surface area (Å²) < 4.78 is 14.3. The molecule has 22 heavy (non-hydrogen) atoms. The Morgan fingerprint density at radius 2 is 2.09 bits per heavy atom. The van der Waals surface area contributed by atoms with Crippen molar-refractivity contribution in [2.75, 3.05) is 5.73 Å². The van der Waals surface area contributed by atoms with Crippen molar-refractivity contribution in [1.82, 2.24) is 5.16 Å². The van der Waals surface area contributed by atoms with Gasteiger partial charge in [0.15, 0.2) is 11.4 Å². The van der Waals surface area contributed by atoms with Gasteiger partial charge in [-0.15, -0.1) is 0 Å². The van der Waals surface area contributed by atoms with E-state index < -0.39 is 17.8 Å². The third-order valence-electron chi connectivity index (χ3n) is 3.12. The van der Waals surface area contributed by atoms with Crippen LogP contribution >= 0.6 is 0 Å². The molecule has 0 atom stereocenters. The van der Waals surface area contributed by atoms with E-state index in [1.807, 2.05) is 18.2 Å². The van der Waals surface area contributed by atoms with Gasteiger partial charge in [-0.1, -0.05) is 11.2 Å². The van der Waals surface area contributed by atoms with Gasteiger partial charge in [-0.3, -0.25) is 0 Å². The number of anilines is 1. The smallest absolute Gasteiger partial charge is 0.428 e. The molecule has 0 saturated heterocycles. The summed E-state index contributed by atoms with van der Waals surface area (Å²) in [5.74, 6) is 0.347. The number of primary amides is 1. The SMILES string of the molecule is CC(C)(CCc1ccc2c(N)noc2c1)OC(=O)OC(N)=O. The number of nitrogens with two attached hydrogens (primary N) is 2. The second kappa shape index (κ2) is 5.92. The van der Waals surface area contributed by atoms with E-state index in [4.69, 9.17) is 20.7 Å². The first-order chi connectivity index (χ1) is 10.3. The number of ether oxygens (including phenoxy) is 2. The molecular formula is C14H17N3O5. The van der Waals surface area contributed by atoms with Crippen LogP contribution in [-0.2, 0) is 15.9 Å². The molecule has 0 aliphatic carbocycles. The van der Waals surface area contributed by atoms with Crippen molar-refractivity contribution in [3.63, 3.8) is 0 Å². The molecule has 0 unspecified atom stereocenters. The summed E-state index contributed by atoms with van der Waals surface area (Å²) in [6.45, 7) is 3.42. The van der Waals surface area contributed by atoms with Crippen LogP contribution in [0, 0.1) is 0 Å². The number of carbonyl (C=O) groups excluding carboxylic acids is 2. The quantitative estimate of drug-likeness (QED) is 0.654. The summed E-state index contributed by atoms with van der Waals surface area (Å²) in [7, 11) is 0. The average molecular weight is 307 g/mol. The maximum absolute atomic E-state index is 11.3. The number of aromatic nitrogens is 1. The van der Waals surface area contributed by atoms with Crippen LogP contribution < -0.4 is 11.5 Å². The van der Waals surface area contributed by atoms with Gasteiger partial charge in [-0.05, 0) is 44.4 Å². The normalized spacial score (nSPS) is 11.4. The summed E-state index contributed by atoms with van der Waals surface area (Å²) in [5.41, 5.74) is 11.2. The van der Waals surface area contributed by atoms with E-state index in [2.05, 4.69) is 9.89 Å². The fraction of sp³-hybridized carbons (Fsp3) is 0.357. The van der Waals surface area contributed by atoms with Crippen LogP contribution in [0.5, 0.6) is 0 Å². The van der Waals surface area contributed by atoms with Gasteiger partial charge in [0, 0.05) is 0 Å². The van der Waals surface area contributed by atoms with E-state index in [1.54, 1.807) is 13.8 Å². The van der Waals surface area contributed by atoms with Crippen molar-refractivity contribution in [3.05, 3.63) is 23.8 Å². The molecule has 0 fully saturated rings. The van der Waals surface area contributed by atoms with Gasteiger partial charge in [-0.25, -0.2) is 9.59 Å². The Balaban J connectivity index is 1.97. The molecular weight excluding hydrogens is 290 g/mol. The van der Waals surface area contributed by atoms with E-state index in [-0.39, 0.29) is 0 Å². The number of nitrogen functional groups attached to an aromatic ring is 1. The van der Waals surface area contributed by atoms with E-state index in [1.165, 1.54) is 0 Å². The molecule has 8 nitrogen and oxygen atoms in total. The lowest BCUT2D eigenvalue weighted by Gasteiger charge is -2.23. The molecule has 2 rings (SSSR count). The summed E-state index contributed by atoms with van der Waals surface area (Å²) in [6.07, 6.45) is -1.19. The van der Waals surface area contributed by atoms with Gasteiger partial charge in [-0.2, -0.15) is 0 Å². The van der Waals surface area contributed by atoms with Crippen LogP contribution in [-0.4, -0.2) is 23.0 Å². The van der Waals surface area contributed by atoms with Crippen molar-refractivity contribution in [1.29, 1.82) is 0 Å². The second-order valence-electron chi connectivity index (χ2n) is 5.43. The number of rotatable bonds is 4. The first-order valence-electron chi connectivity index (χ1n) is 6.61. The largest absolute Gasteiger partial charge is 0.517 e. The average Bonchev–Trinajstić information content (AvgIpc) is 2.76. The van der Waals surface area contributed by atoms with Crippen LogP contribution in [0.4, 0.5) is 15.4 Å². The van der Waals surface area contributed by atoms with Crippen LogP contribution in [0.3, 0.4) is 0 Å². The van der Waals surface area contributed by atoms with E-state index in [0.717, 1.165) is 10.9 Å². The first-order valence-corrected chi connectivity index (χ1v) is 6.61. The predicted molar refractivity (Wildman–Crippen MR) is 78.0 cm³/mol. The Morgan fingerprint density at radius 1 is 1.36 bits per heavy atom. The third-order valence-corrected chi connectivity index (χ3v) is 3.12. The van der Waals surface area contributed by atoms with Gasteiger partial charge in [0.1, 0.15) is 5.60 Å². The van der Waals surface area contributed by atoms with Crippen LogP contribution in [0.15, 0.2) is 22.7 Å². The fourth-order valence-electron chi connectivity index (χ4n) is 1.98. The Morgan fingerprint density at radius 3 is 2.77 bits per heavy atom. The van der Waals surface area contributed by atoms with Crippen molar-refractivity contribution in [2.45, 2.75) is 32.3 Å². The molecule has 0 spiro atoms. The molecule has 0 radical (unpaired) electrons. The lowest BCUT2D eigenvalue weighted by atomic mass is 9.98. The molecule has 4 N–H and O–H groups in total. The number of hydrogen-bond acceptors (Lipinski definition) is 7. The lowest BCUT2D eigenvalue weighted by molar-refractivity contribution is -0.00421. The molecule has 0 aliphatic heterocycles. The highest BCUT2D eigenvalue weighted by Gasteiger charge is 2.25. The van der Waals surface area contributed by atoms with Gasteiger partial charge in [0.25, 0.3) is 0 Å². The topological polar surface area (TPSA) is 131 Å². The maximum atomic E-state index is 11.3. The standard InChI is InChI=1S/C14H17N3O5/c1-14(2,21-13(19)20-12(16)18)6-5-8-3-4-9-10(7-8)22-17-11(9)15/h3-4,7H,5-6H2,1-2H3,(H2,15,17)(H2,16,18). The Kier molecular flexibility index (Phi) is 4.20. The second-order valence-corrected chi connectivity index (χ2v) is 5.43. The van der Waals surface area contributed by atoms with Crippen molar-refractivity contribution < 1.29 is 23.6 Å². The third kappa shape index (κ3) is 3.87. The number of carbonyl (C=O) groups is 2. The highest BCUT2D eigenvalue weighted by Crippen LogP contribution is 2.24. The van der Waals surface area contributed by atoms with Gasteiger partial charge < -0.3 is 25.5 Å². The zero-order chi connectivity index (χ0) is 16.3. The Hall–Kier alpha value is -2.77.